The highest BCUT2D eigenvalue weighted by molar-refractivity contribution is 6.02. The molecular weight excluding hydrogens is 539 g/mol. The van der Waals surface area contributed by atoms with Crippen LogP contribution in [0.1, 0.15) is 27.4 Å². The van der Waals surface area contributed by atoms with Gasteiger partial charge in [-0.15, -0.1) is 0 Å². The van der Waals surface area contributed by atoms with Crippen molar-refractivity contribution in [3.8, 4) is 17.2 Å². The number of hydrogen-bond acceptors (Lipinski definition) is 8. The van der Waals surface area contributed by atoms with E-state index in [0.29, 0.717) is 11.3 Å². The number of non-ortho nitro benzene ring substituents is 1. The van der Waals surface area contributed by atoms with Crippen LogP contribution in [-0.2, 0) is 12.8 Å². The number of ether oxygens (including phenoxy) is 2. The molecule has 0 aliphatic heterocycles. The van der Waals surface area contributed by atoms with E-state index in [1.807, 2.05) is 0 Å². The van der Waals surface area contributed by atoms with Crippen LogP contribution in [0.5, 0.6) is 17.2 Å². The predicted molar refractivity (Wildman–Crippen MR) is 133 cm³/mol. The molecule has 0 unspecified atom stereocenters. The minimum atomic E-state index is -4.62. The average Bonchev–Trinajstić information content (AvgIpc) is 3.36. The lowest BCUT2D eigenvalue weighted by atomic mass is 10.2. The molecule has 4 aromatic rings. The molecule has 0 saturated heterocycles. The van der Waals surface area contributed by atoms with Gasteiger partial charge in [-0.2, -0.15) is 13.2 Å². The number of nitrogens with zero attached hydrogens (tertiary/aromatic N) is 2. The highest BCUT2D eigenvalue weighted by Crippen LogP contribution is 2.34. The molecule has 14 heteroatoms. The molecule has 0 radical (unpaired) electrons. The summed E-state index contributed by atoms with van der Waals surface area (Å²) in [6.07, 6.45) is -4.62. The Bertz CT molecular complexity index is 1600. The number of rotatable bonds is 9. The summed E-state index contributed by atoms with van der Waals surface area (Å²) in [5.74, 6) is -0.750. The summed E-state index contributed by atoms with van der Waals surface area (Å²) in [7, 11) is 0. The number of nitrogens with one attached hydrogen (secondary N) is 1. The van der Waals surface area contributed by atoms with E-state index < -0.39 is 33.2 Å². The van der Waals surface area contributed by atoms with Gasteiger partial charge in [0, 0.05) is 23.8 Å². The monoisotopic (exact) mass is 557 g/mol. The summed E-state index contributed by atoms with van der Waals surface area (Å²) in [6.45, 7) is 1.46. The topological polar surface area (TPSA) is 147 Å². The van der Waals surface area contributed by atoms with Gasteiger partial charge in [0.2, 0.25) is 0 Å². The smallest absolute Gasteiger partial charge is 0.416 e. The Kier molecular flexibility index (Phi) is 7.70. The standard InChI is InChI=1S/C26H18F3N3O8/c1-15-9-19(5-7-23(15)32(36)37)38-14-21-6-8-24(40-21)25(33)30-17-11-18(31(34)35)13-22(12-17)39-20-4-2-3-16(10-20)26(27,28)29/h2-13H,14H2,1H3,(H,30,33). The van der Waals surface area contributed by atoms with Crippen LogP contribution in [0.15, 0.2) is 77.2 Å². The van der Waals surface area contributed by atoms with Gasteiger partial charge < -0.3 is 19.2 Å². The first-order valence-electron chi connectivity index (χ1n) is 11.3. The van der Waals surface area contributed by atoms with Gasteiger partial charge in [-0.1, -0.05) is 6.07 Å². The van der Waals surface area contributed by atoms with E-state index in [1.165, 1.54) is 42.5 Å². The second kappa shape index (κ2) is 11.1. The maximum absolute atomic E-state index is 13.0. The highest BCUT2D eigenvalue weighted by Gasteiger charge is 2.30. The molecule has 1 N–H and O–H groups in total. The summed E-state index contributed by atoms with van der Waals surface area (Å²) >= 11 is 0. The number of aryl methyl sites for hydroxylation is 1. The Morgan fingerprint density at radius 1 is 0.925 bits per heavy atom. The predicted octanol–water partition coefficient (Wildman–Crippen LogP) is 7.05. The number of nitro benzene ring substituents is 2. The van der Waals surface area contributed by atoms with E-state index in [-0.39, 0.29) is 41.0 Å². The molecule has 1 amide bonds. The Hall–Kier alpha value is -5.40. The van der Waals surface area contributed by atoms with E-state index in [4.69, 9.17) is 13.9 Å². The van der Waals surface area contributed by atoms with Gasteiger partial charge >= 0.3 is 6.18 Å². The molecule has 0 aliphatic rings. The minimum Gasteiger partial charge on any atom is -0.486 e. The van der Waals surface area contributed by atoms with Crippen molar-refractivity contribution in [3.05, 3.63) is 116 Å². The number of nitro groups is 2. The maximum Gasteiger partial charge on any atom is 0.416 e. The lowest BCUT2D eigenvalue weighted by Gasteiger charge is -2.11. The lowest BCUT2D eigenvalue weighted by Crippen LogP contribution is -2.11. The molecule has 3 aromatic carbocycles. The molecule has 1 aromatic heterocycles. The number of halogens is 3. The molecule has 4 rings (SSSR count). The maximum atomic E-state index is 13.0. The fourth-order valence-corrected chi connectivity index (χ4v) is 3.54. The van der Waals surface area contributed by atoms with Crippen molar-refractivity contribution < 1.29 is 41.7 Å². The van der Waals surface area contributed by atoms with Gasteiger partial charge in [-0.05, 0) is 49.4 Å². The van der Waals surface area contributed by atoms with Gasteiger partial charge in [0.25, 0.3) is 17.3 Å². The van der Waals surface area contributed by atoms with Gasteiger partial charge in [0.1, 0.15) is 29.6 Å². The largest absolute Gasteiger partial charge is 0.486 e. The number of furan rings is 1. The lowest BCUT2D eigenvalue weighted by molar-refractivity contribution is -0.385. The third-order valence-corrected chi connectivity index (χ3v) is 5.39. The molecule has 1 heterocycles. The van der Waals surface area contributed by atoms with Crippen LogP contribution < -0.4 is 14.8 Å². The molecule has 0 atom stereocenters. The van der Waals surface area contributed by atoms with E-state index in [1.54, 1.807) is 6.92 Å². The van der Waals surface area contributed by atoms with Gasteiger partial charge in [-0.3, -0.25) is 25.0 Å². The molecule has 0 aliphatic carbocycles. The number of carbonyl (C=O) groups excluding carboxylic acids is 1. The van der Waals surface area contributed by atoms with E-state index in [2.05, 4.69) is 5.32 Å². The fraction of sp³-hybridized carbons (Fsp3) is 0.115. The number of hydrogen-bond donors (Lipinski definition) is 1. The summed E-state index contributed by atoms with van der Waals surface area (Å²) in [5, 5.41) is 24.8. The molecule has 0 saturated carbocycles. The zero-order chi connectivity index (χ0) is 29.0. The van der Waals surface area contributed by atoms with E-state index in [0.717, 1.165) is 30.3 Å². The SMILES string of the molecule is Cc1cc(OCc2ccc(C(=O)Nc3cc(Oc4cccc(C(F)(F)F)c4)cc([N+](=O)[O-])c3)o2)ccc1[N+](=O)[O-]. The normalized spacial score (nSPS) is 11.1. The Balaban J connectivity index is 1.46. The van der Waals surface area contributed by atoms with Crippen molar-refractivity contribution in [3.63, 3.8) is 0 Å². The molecule has 0 fully saturated rings. The number of carbonyl (C=O) groups is 1. The minimum absolute atomic E-state index is 0.0613. The van der Waals surface area contributed by atoms with Crippen LogP contribution in [0.3, 0.4) is 0 Å². The first kappa shape index (κ1) is 27.6. The highest BCUT2D eigenvalue weighted by atomic mass is 19.4. The van der Waals surface area contributed by atoms with E-state index >= 15 is 0 Å². The summed E-state index contributed by atoms with van der Waals surface area (Å²) < 4.78 is 55.4. The molecule has 0 bridgehead atoms. The van der Waals surface area contributed by atoms with Crippen LogP contribution in [0.4, 0.5) is 30.2 Å². The second-order valence-corrected chi connectivity index (χ2v) is 8.31. The van der Waals surface area contributed by atoms with Crippen molar-refractivity contribution in [1.82, 2.24) is 0 Å². The third-order valence-electron chi connectivity index (χ3n) is 5.39. The average molecular weight is 557 g/mol. The van der Waals surface area contributed by atoms with Crippen molar-refractivity contribution in [2.24, 2.45) is 0 Å². The second-order valence-electron chi connectivity index (χ2n) is 8.31. The van der Waals surface area contributed by atoms with Crippen LogP contribution in [-0.4, -0.2) is 15.8 Å². The zero-order valence-electron chi connectivity index (χ0n) is 20.4. The number of alkyl halides is 3. The number of amides is 1. The van der Waals surface area contributed by atoms with Gasteiger partial charge in [0.15, 0.2) is 5.76 Å². The summed E-state index contributed by atoms with van der Waals surface area (Å²) in [5.41, 5.74) is -1.18. The first-order valence-corrected chi connectivity index (χ1v) is 11.3. The van der Waals surface area contributed by atoms with Crippen molar-refractivity contribution in [1.29, 1.82) is 0 Å². The number of anilines is 1. The first-order chi connectivity index (χ1) is 18.9. The van der Waals surface area contributed by atoms with Crippen LogP contribution in [0.25, 0.3) is 0 Å². The Morgan fingerprint density at radius 2 is 1.70 bits per heavy atom. The van der Waals surface area contributed by atoms with Crippen molar-refractivity contribution >= 4 is 23.0 Å². The molecule has 11 nitrogen and oxygen atoms in total. The molecule has 0 spiro atoms. The van der Waals surface area contributed by atoms with Gasteiger partial charge in [-0.25, -0.2) is 0 Å². The van der Waals surface area contributed by atoms with Crippen molar-refractivity contribution in [2.75, 3.05) is 5.32 Å². The Labute approximate surface area is 223 Å². The summed E-state index contributed by atoms with van der Waals surface area (Å²) in [6, 6.07) is 14.2. The quantitative estimate of drug-likeness (QED) is 0.170. The third kappa shape index (κ3) is 6.72. The molecule has 40 heavy (non-hydrogen) atoms. The molecular formula is C26H18F3N3O8. The molecule has 206 valence electrons. The van der Waals surface area contributed by atoms with Crippen LogP contribution >= 0.6 is 0 Å². The van der Waals surface area contributed by atoms with Crippen molar-refractivity contribution in [2.45, 2.75) is 19.7 Å². The van der Waals surface area contributed by atoms with Gasteiger partial charge in [0.05, 0.1) is 27.2 Å². The fourth-order valence-electron chi connectivity index (χ4n) is 3.54. The van der Waals surface area contributed by atoms with E-state index in [9.17, 15) is 38.2 Å². The Morgan fingerprint density at radius 3 is 2.38 bits per heavy atom. The van der Waals surface area contributed by atoms with Crippen LogP contribution in [0, 0.1) is 27.2 Å². The van der Waals surface area contributed by atoms with Crippen LogP contribution in [0.2, 0.25) is 0 Å². The summed E-state index contributed by atoms with van der Waals surface area (Å²) in [4.78, 5) is 33.8. The zero-order valence-corrected chi connectivity index (χ0v) is 20.4. The number of benzene rings is 3.